The summed E-state index contributed by atoms with van der Waals surface area (Å²) in [5, 5.41) is 13.0. The third-order valence-corrected chi connectivity index (χ3v) is 4.34. The molecule has 1 aliphatic carbocycles. The van der Waals surface area contributed by atoms with Crippen molar-refractivity contribution in [1.29, 1.82) is 5.26 Å². The maximum Gasteiger partial charge on any atom is 0.109 e. The van der Waals surface area contributed by atoms with Gasteiger partial charge in [-0.25, -0.2) is 0 Å². The van der Waals surface area contributed by atoms with E-state index in [0.29, 0.717) is 0 Å². The van der Waals surface area contributed by atoms with E-state index in [9.17, 15) is 5.26 Å². The number of piperazine rings is 1. The second-order valence-electron chi connectivity index (χ2n) is 5.25. The summed E-state index contributed by atoms with van der Waals surface area (Å²) in [5.41, 5.74) is -0.138. The number of nitrogens with one attached hydrogen (secondary N) is 1. The van der Waals surface area contributed by atoms with Gasteiger partial charge < -0.3 is 5.32 Å². The summed E-state index contributed by atoms with van der Waals surface area (Å²) in [5.74, 6) is 0.767. The molecule has 0 amide bonds. The molecule has 0 radical (unpaired) electrons. The fourth-order valence-electron chi connectivity index (χ4n) is 3.27. The van der Waals surface area contributed by atoms with E-state index in [4.69, 9.17) is 0 Å². The highest BCUT2D eigenvalue weighted by atomic mass is 15.2. The second-order valence-corrected chi connectivity index (χ2v) is 5.25. The first-order chi connectivity index (χ1) is 7.80. The molecule has 1 saturated carbocycles. The summed E-state index contributed by atoms with van der Waals surface area (Å²) >= 11 is 0. The van der Waals surface area contributed by atoms with Crippen molar-refractivity contribution >= 4 is 0 Å². The normalized spacial score (nSPS) is 36.9. The van der Waals surface area contributed by atoms with Gasteiger partial charge in [0.1, 0.15) is 5.54 Å². The van der Waals surface area contributed by atoms with Gasteiger partial charge in [0.2, 0.25) is 0 Å². The molecule has 1 saturated heterocycles. The smallest absolute Gasteiger partial charge is 0.109 e. The molecule has 0 aromatic rings. The molecule has 1 N–H and O–H groups in total. The van der Waals surface area contributed by atoms with Crippen LogP contribution in [0.3, 0.4) is 0 Å². The highest BCUT2D eigenvalue weighted by Crippen LogP contribution is 2.38. The van der Waals surface area contributed by atoms with Crippen LogP contribution < -0.4 is 5.32 Å². The Kier molecular flexibility index (Phi) is 3.83. The van der Waals surface area contributed by atoms with Gasteiger partial charge in [-0.2, -0.15) is 5.26 Å². The van der Waals surface area contributed by atoms with E-state index in [1.54, 1.807) is 0 Å². The van der Waals surface area contributed by atoms with Crippen LogP contribution in [-0.4, -0.2) is 36.6 Å². The predicted molar refractivity (Wildman–Crippen MR) is 65.0 cm³/mol. The first-order valence-corrected chi connectivity index (χ1v) is 6.68. The Labute approximate surface area is 98.8 Å². The molecule has 0 aromatic heterocycles. The van der Waals surface area contributed by atoms with E-state index in [2.05, 4.69) is 23.2 Å². The molecule has 1 aliphatic heterocycles. The zero-order valence-electron chi connectivity index (χ0n) is 10.3. The molecule has 2 fully saturated rings. The van der Waals surface area contributed by atoms with Crippen molar-refractivity contribution in [2.45, 2.75) is 44.6 Å². The number of nitrogens with zero attached hydrogens (tertiary/aromatic N) is 2. The number of rotatable bonds is 2. The zero-order chi connectivity index (χ0) is 11.4. The Hall–Kier alpha value is -0.590. The number of nitriles is 1. The minimum absolute atomic E-state index is 0.138. The number of hydrogen-bond donors (Lipinski definition) is 1. The first kappa shape index (κ1) is 11.9. The van der Waals surface area contributed by atoms with Gasteiger partial charge in [-0.1, -0.05) is 26.2 Å². The summed E-state index contributed by atoms with van der Waals surface area (Å²) < 4.78 is 0. The quantitative estimate of drug-likeness (QED) is 0.772. The minimum Gasteiger partial charge on any atom is -0.314 e. The summed E-state index contributed by atoms with van der Waals surface area (Å²) in [6, 6.07) is 2.65. The van der Waals surface area contributed by atoms with Crippen LogP contribution in [0, 0.1) is 17.2 Å². The Morgan fingerprint density at radius 2 is 2.19 bits per heavy atom. The molecule has 90 valence electrons. The van der Waals surface area contributed by atoms with Crippen LogP contribution in [0.25, 0.3) is 0 Å². The molecule has 2 atom stereocenters. The maximum atomic E-state index is 9.60. The van der Waals surface area contributed by atoms with Crippen molar-refractivity contribution in [3.8, 4) is 6.07 Å². The van der Waals surface area contributed by atoms with Gasteiger partial charge in [0.05, 0.1) is 6.07 Å². The van der Waals surface area contributed by atoms with Crippen LogP contribution in [0.15, 0.2) is 0 Å². The zero-order valence-corrected chi connectivity index (χ0v) is 10.3. The van der Waals surface area contributed by atoms with Crippen molar-refractivity contribution in [1.82, 2.24) is 10.2 Å². The molecule has 3 heteroatoms. The highest BCUT2D eigenvalue weighted by Gasteiger charge is 2.41. The molecular weight excluding hydrogens is 198 g/mol. The van der Waals surface area contributed by atoms with Crippen molar-refractivity contribution in [2.75, 3.05) is 26.2 Å². The van der Waals surface area contributed by atoms with Crippen molar-refractivity contribution < 1.29 is 0 Å². The summed E-state index contributed by atoms with van der Waals surface area (Å²) in [6.45, 7) is 6.43. The maximum absolute atomic E-state index is 9.60. The number of hydrogen-bond acceptors (Lipinski definition) is 3. The van der Waals surface area contributed by atoms with E-state index in [0.717, 1.165) is 44.9 Å². The Balaban J connectivity index is 2.08. The third kappa shape index (κ3) is 2.23. The van der Waals surface area contributed by atoms with Gasteiger partial charge >= 0.3 is 0 Å². The van der Waals surface area contributed by atoms with Gasteiger partial charge in [-0.15, -0.1) is 0 Å². The van der Waals surface area contributed by atoms with Gasteiger partial charge in [-0.05, 0) is 18.8 Å². The predicted octanol–water partition coefficient (Wildman–Crippen LogP) is 1.75. The topological polar surface area (TPSA) is 39.1 Å². The summed E-state index contributed by atoms with van der Waals surface area (Å²) in [4.78, 5) is 2.44. The van der Waals surface area contributed by atoms with Gasteiger partial charge in [-0.3, -0.25) is 4.90 Å². The van der Waals surface area contributed by atoms with Crippen LogP contribution in [0.4, 0.5) is 0 Å². The van der Waals surface area contributed by atoms with E-state index in [1.165, 1.54) is 19.3 Å². The molecular formula is C13H23N3. The highest BCUT2D eigenvalue weighted by molar-refractivity contribution is 5.11. The fraction of sp³-hybridized carbons (Fsp3) is 0.923. The van der Waals surface area contributed by atoms with E-state index < -0.39 is 0 Å². The van der Waals surface area contributed by atoms with Crippen molar-refractivity contribution in [3.05, 3.63) is 0 Å². The average Bonchev–Trinajstić information content (AvgIpc) is 2.39. The van der Waals surface area contributed by atoms with Crippen molar-refractivity contribution in [3.63, 3.8) is 0 Å². The fourth-order valence-corrected chi connectivity index (χ4v) is 3.27. The monoisotopic (exact) mass is 221 g/mol. The molecule has 1 heterocycles. The molecule has 2 unspecified atom stereocenters. The first-order valence-electron chi connectivity index (χ1n) is 6.68. The molecule has 16 heavy (non-hydrogen) atoms. The molecule has 0 aromatic carbocycles. The summed E-state index contributed by atoms with van der Waals surface area (Å²) in [6.07, 6.45) is 5.97. The molecule has 2 rings (SSSR count). The molecule has 3 nitrogen and oxygen atoms in total. The average molecular weight is 221 g/mol. The molecule has 0 spiro atoms. The lowest BCUT2D eigenvalue weighted by Crippen LogP contribution is -2.57. The van der Waals surface area contributed by atoms with Gasteiger partial charge in [0.15, 0.2) is 0 Å². The van der Waals surface area contributed by atoms with Gasteiger partial charge in [0, 0.05) is 26.2 Å². The van der Waals surface area contributed by atoms with E-state index in [1.807, 2.05) is 0 Å². The molecule has 2 aliphatic rings. The lowest BCUT2D eigenvalue weighted by molar-refractivity contribution is 0.0621. The Morgan fingerprint density at radius 1 is 1.44 bits per heavy atom. The van der Waals surface area contributed by atoms with Crippen LogP contribution >= 0.6 is 0 Å². The summed E-state index contributed by atoms with van der Waals surface area (Å²) in [7, 11) is 0. The van der Waals surface area contributed by atoms with Crippen LogP contribution in [0.5, 0.6) is 0 Å². The lowest BCUT2D eigenvalue weighted by Gasteiger charge is -2.45. The Morgan fingerprint density at radius 3 is 2.81 bits per heavy atom. The second kappa shape index (κ2) is 5.16. The minimum atomic E-state index is -0.138. The largest absolute Gasteiger partial charge is 0.314 e. The Bertz CT molecular complexity index is 265. The van der Waals surface area contributed by atoms with Crippen LogP contribution in [-0.2, 0) is 0 Å². The third-order valence-electron chi connectivity index (χ3n) is 4.34. The molecule has 0 bridgehead atoms. The standard InChI is InChI=1S/C13H23N3/c1-2-12-4-3-5-13(10-12,11-14)16-8-6-15-7-9-16/h12,15H,2-10H2,1H3. The lowest BCUT2D eigenvalue weighted by atomic mass is 9.74. The van der Waals surface area contributed by atoms with E-state index >= 15 is 0 Å². The van der Waals surface area contributed by atoms with Gasteiger partial charge in [0.25, 0.3) is 0 Å². The SMILES string of the molecule is CCC1CCCC(C#N)(N2CCNCC2)C1. The van der Waals surface area contributed by atoms with Crippen LogP contribution in [0.1, 0.15) is 39.0 Å². The van der Waals surface area contributed by atoms with E-state index in [-0.39, 0.29) is 5.54 Å². The van der Waals surface area contributed by atoms with Crippen LogP contribution in [0.2, 0.25) is 0 Å². The van der Waals surface area contributed by atoms with Crippen molar-refractivity contribution in [2.24, 2.45) is 5.92 Å².